The number of carbonyl (C=O) groups is 2. The van der Waals surface area contributed by atoms with E-state index in [4.69, 9.17) is 5.73 Å². The van der Waals surface area contributed by atoms with Gasteiger partial charge in [-0.2, -0.15) is 0 Å². The second-order valence-electron chi connectivity index (χ2n) is 4.31. The van der Waals surface area contributed by atoms with Crippen molar-refractivity contribution in [2.75, 3.05) is 20.1 Å². The summed E-state index contributed by atoms with van der Waals surface area (Å²) in [5, 5.41) is 5.41. The van der Waals surface area contributed by atoms with E-state index in [2.05, 4.69) is 10.3 Å². The molecule has 0 spiro atoms. The molecule has 3 N–H and O–H groups in total. The Bertz CT molecular complexity index is 460. The second-order valence-corrected chi connectivity index (χ2v) is 5.26. The van der Waals surface area contributed by atoms with Crippen molar-refractivity contribution < 1.29 is 9.59 Å². The molecule has 0 saturated carbocycles. The van der Waals surface area contributed by atoms with Gasteiger partial charge < -0.3 is 16.0 Å². The average molecular weight is 268 g/mol. The maximum Gasteiger partial charge on any atom is 0.271 e. The fourth-order valence-corrected chi connectivity index (χ4v) is 2.67. The Morgan fingerprint density at radius 3 is 3.11 bits per heavy atom. The maximum atomic E-state index is 11.9. The standard InChI is InChI=1S/C11H16N4O2S/c1-15-5-7(4-10(15)16)13-11(17)8-6-18-9(14-8)2-3-12/h6-7H,2-5,12H2,1H3,(H,13,17). The van der Waals surface area contributed by atoms with Gasteiger partial charge in [0.1, 0.15) is 5.69 Å². The number of likely N-dealkylation sites (N-methyl/N-ethyl adjacent to an activating group) is 1. The highest BCUT2D eigenvalue weighted by atomic mass is 32.1. The van der Waals surface area contributed by atoms with Crippen LogP contribution in [0, 0.1) is 0 Å². The van der Waals surface area contributed by atoms with Crippen LogP contribution in [0.1, 0.15) is 21.9 Å². The fourth-order valence-electron chi connectivity index (χ4n) is 1.87. The Balaban J connectivity index is 1.93. The minimum Gasteiger partial charge on any atom is -0.346 e. The third-order valence-electron chi connectivity index (χ3n) is 2.82. The number of hydrogen-bond acceptors (Lipinski definition) is 5. The Kier molecular flexibility index (Phi) is 3.93. The summed E-state index contributed by atoms with van der Waals surface area (Å²) in [6.45, 7) is 1.08. The van der Waals surface area contributed by atoms with Crippen LogP contribution in [0.3, 0.4) is 0 Å². The maximum absolute atomic E-state index is 11.9. The van der Waals surface area contributed by atoms with Crippen molar-refractivity contribution in [2.45, 2.75) is 18.9 Å². The van der Waals surface area contributed by atoms with E-state index in [9.17, 15) is 9.59 Å². The van der Waals surface area contributed by atoms with Crippen LogP contribution in [0.4, 0.5) is 0 Å². The smallest absolute Gasteiger partial charge is 0.271 e. The predicted molar refractivity (Wildman–Crippen MR) is 68.4 cm³/mol. The van der Waals surface area contributed by atoms with Gasteiger partial charge in [0.25, 0.3) is 5.91 Å². The minimum absolute atomic E-state index is 0.0578. The van der Waals surface area contributed by atoms with Gasteiger partial charge >= 0.3 is 0 Å². The molecule has 1 unspecified atom stereocenters. The number of amides is 2. The normalized spacial score (nSPS) is 19.3. The lowest BCUT2D eigenvalue weighted by Crippen LogP contribution is -2.36. The Morgan fingerprint density at radius 2 is 2.50 bits per heavy atom. The molecule has 2 rings (SSSR count). The van der Waals surface area contributed by atoms with Gasteiger partial charge in [0, 0.05) is 31.8 Å². The first-order chi connectivity index (χ1) is 8.60. The molecule has 18 heavy (non-hydrogen) atoms. The van der Waals surface area contributed by atoms with E-state index in [0.29, 0.717) is 31.6 Å². The number of rotatable bonds is 4. The summed E-state index contributed by atoms with van der Waals surface area (Å²) in [5.74, 6) is -0.162. The zero-order valence-corrected chi connectivity index (χ0v) is 11.0. The topological polar surface area (TPSA) is 88.3 Å². The number of nitrogens with zero attached hydrogens (tertiary/aromatic N) is 2. The number of hydrogen-bond donors (Lipinski definition) is 2. The van der Waals surface area contributed by atoms with E-state index in [1.165, 1.54) is 11.3 Å². The van der Waals surface area contributed by atoms with Gasteiger partial charge in [-0.3, -0.25) is 9.59 Å². The number of nitrogens with one attached hydrogen (secondary N) is 1. The molecule has 1 aromatic heterocycles. The van der Waals surface area contributed by atoms with Crippen molar-refractivity contribution >= 4 is 23.2 Å². The van der Waals surface area contributed by atoms with E-state index >= 15 is 0 Å². The fraction of sp³-hybridized carbons (Fsp3) is 0.545. The molecule has 1 aliphatic rings. The first-order valence-electron chi connectivity index (χ1n) is 5.79. The van der Waals surface area contributed by atoms with Crippen molar-refractivity contribution in [1.29, 1.82) is 0 Å². The molecule has 0 bridgehead atoms. The van der Waals surface area contributed by atoms with Crippen LogP contribution >= 0.6 is 11.3 Å². The molecule has 0 aliphatic carbocycles. The van der Waals surface area contributed by atoms with Crippen molar-refractivity contribution in [2.24, 2.45) is 5.73 Å². The van der Waals surface area contributed by atoms with Crippen LogP contribution in [-0.2, 0) is 11.2 Å². The van der Waals surface area contributed by atoms with E-state index < -0.39 is 0 Å². The van der Waals surface area contributed by atoms with Crippen LogP contribution in [0.2, 0.25) is 0 Å². The Hall–Kier alpha value is -1.47. The second kappa shape index (κ2) is 5.45. The molecule has 1 saturated heterocycles. The summed E-state index contributed by atoms with van der Waals surface area (Å²) in [5.41, 5.74) is 5.84. The van der Waals surface area contributed by atoms with Crippen LogP contribution in [0.25, 0.3) is 0 Å². The van der Waals surface area contributed by atoms with E-state index in [-0.39, 0.29) is 17.9 Å². The molecular formula is C11H16N4O2S. The summed E-state index contributed by atoms with van der Waals surface area (Å²) < 4.78 is 0. The molecule has 6 nitrogen and oxygen atoms in total. The first-order valence-corrected chi connectivity index (χ1v) is 6.67. The molecular weight excluding hydrogens is 252 g/mol. The van der Waals surface area contributed by atoms with Gasteiger partial charge in [-0.25, -0.2) is 4.98 Å². The zero-order valence-electron chi connectivity index (χ0n) is 10.2. The number of carbonyl (C=O) groups excluding carboxylic acids is 2. The summed E-state index contributed by atoms with van der Waals surface area (Å²) in [4.78, 5) is 29.1. The van der Waals surface area contributed by atoms with E-state index in [1.54, 1.807) is 17.3 Å². The molecule has 7 heteroatoms. The van der Waals surface area contributed by atoms with Gasteiger partial charge in [-0.15, -0.1) is 11.3 Å². The van der Waals surface area contributed by atoms with Gasteiger partial charge in [0.2, 0.25) is 5.91 Å². The van der Waals surface area contributed by atoms with Crippen molar-refractivity contribution in [1.82, 2.24) is 15.2 Å². The molecule has 1 aliphatic heterocycles. The van der Waals surface area contributed by atoms with Crippen LogP contribution in [0.5, 0.6) is 0 Å². The largest absolute Gasteiger partial charge is 0.346 e. The molecule has 1 fully saturated rings. The number of nitrogens with two attached hydrogens (primary N) is 1. The van der Waals surface area contributed by atoms with Gasteiger partial charge in [-0.05, 0) is 6.54 Å². The highest BCUT2D eigenvalue weighted by Gasteiger charge is 2.28. The van der Waals surface area contributed by atoms with Crippen LogP contribution < -0.4 is 11.1 Å². The van der Waals surface area contributed by atoms with Crippen molar-refractivity contribution in [3.8, 4) is 0 Å². The minimum atomic E-state index is -0.220. The Morgan fingerprint density at radius 1 is 1.72 bits per heavy atom. The number of thiazole rings is 1. The van der Waals surface area contributed by atoms with E-state index in [0.717, 1.165) is 5.01 Å². The van der Waals surface area contributed by atoms with Gasteiger partial charge in [0.15, 0.2) is 0 Å². The van der Waals surface area contributed by atoms with Crippen LogP contribution in [0.15, 0.2) is 5.38 Å². The summed E-state index contributed by atoms with van der Waals surface area (Å²) in [6.07, 6.45) is 1.05. The van der Waals surface area contributed by atoms with Gasteiger partial charge in [0.05, 0.1) is 11.0 Å². The quantitative estimate of drug-likeness (QED) is 0.778. The lowest BCUT2D eigenvalue weighted by Gasteiger charge is -2.11. The summed E-state index contributed by atoms with van der Waals surface area (Å²) in [6, 6.07) is -0.116. The van der Waals surface area contributed by atoms with Gasteiger partial charge in [-0.1, -0.05) is 0 Å². The molecule has 2 heterocycles. The molecule has 0 radical (unpaired) electrons. The zero-order chi connectivity index (χ0) is 13.1. The highest BCUT2D eigenvalue weighted by Crippen LogP contribution is 2.12. The highest BCUT2D eigenvalue weighted by molar-refractivity contribution is 7.09. The number of likely N-dealkylation sites (tertiary alicyclic amines) is 1. The molecule has 1 aromatic rings. The SMILES string of the molecule is CN1CC(NC(=O)c2csc(CCN)n2)CC1=O. The van der Waals surface area contributed by atoms with E-state index in [1.807, 2.05) is 0 Å². The molecule has 98 valence electrons. The van der Waals surface area contributed by atoms with Crippen molar-refractivity contribution in [3.63, 3.8) is 0 Å². The lowest BCUT2D eigenvalue weighted by molar-refractivity contribution is -0.126. The molecule has 1 atom stereocenters. The van der Waals surface area contributed by atoms with Crippen LogP contribution in [-0.4, -0.2) is 47.9 Å². The number of aromatic nitrogens is 1. The first kappa shape index (κ1) is 13.0. The summed E-state index contributed by atoms with van der Waals surface area (Å²) in [7, 11) is 1.73. The third-order valence-corrected chi connectivity index (χ3v) is 3.73. The monoisotopic (exact) mass is 268 g/mol. The predicted octanol–water partition coefficient (Wildman–Crippen LogP) is -0.395. The van der Waals surface area contributed by atoms with Crippen molar-refractivity contribution in [3.05, 3.63) is 16.1 Å². The third kappa shape index (κ3) is 2.85. The summed E-state index contributed by atoms with van der Waals surface area (Å²) >= 11 is 1.43. The Labute approximate surface area is 109 Å². The molecule has 2 amide bonds. The lowest BCUT2D eigenvalue weighted by atomic mass is 10.2. The molecule has 0 aromatic carbocycles. The average Bonchev–Trinajstić information content (AvgIpc) is 2.88.